The summed E-state index contributed by atoms with van der Waals surface area (Å²) in [5, 5.41) is 0. The number of hydrogen-bond acceptors (Lipinski definition) is 1. The van der Waals surface area contributed by atoms with E-state index in [0.717, 1.165) is 24.7 Å². The fourth-order valence-corrected chi connectivity index (χ4v) is 4.94. The van der Waals surface area contributed by atoms with Crippen LogP contribution in [0, 0.1) is 29.1 Å². The van der Waals surface area contributed by atoms with Gasteiger partial charge in [0, 0.05) is 5.41 Å². The highest BCUT2D eigenvalue weighted by atomic mass is 16.1. The molecule has 0 aliphatic heterocycles. The number of hydrogen-bond donors (Lipinski definition) is 0. The van der Waals surface area contributed by atoms with Crippen LogP contribution in [0.25, 0.3) is 0 Å². The average molecular weight is 272 g/mol. The van der Waals surface area contributed by atoms with E-state index in [1.165, 1.54) is 32.0 Å². The first-order valence-electron chi connectivity index (χ1n) is 8.42. The van der Waals surface area contributed by atoms with Gasteiger partial charge in [-0.15, -0.1) is 0 Å². The van der Waals surface area contributed by atoms with Crippen molar-refractivity contribution in [2.24, 2.45) is 29.1 Å². The molecule has 0 saturated heterocycles. The molecule has 0 heterocycles. The first-order valence-corrected chi connectivity index (χ1v) is 8.42. The molecule has 0 N–H and O–H groups in total. The Morgan fingerprint density at radius 1 is 1.35 bits per heavy atom. The van der Waals surface area contributed by atoms with Gasteiger partial charge in [-0.25, -0.2) is 0 Å². The summed E-state index contributed by atoms with van der Waals surface area (Å²) in [5.74, 6) is 2.76. The Morgan fingerprint density at radius 2 is 2.15 bits per heavy atom. The van der Waals surface area contributed by atoms with Gasteiger partial charge >= 0.3 is 0 Å². The SMILES string of the molecule is CC(C)C1=CC2=CC[C@@H]3[C@H](CCC[C@@]3(C)C=O)[C@H]2CC1. The van der Waals surface area contributed by atoms with Crippen molar-refractivity contribution in [3.63, 3.8) is 0 Å². The van der Waals surface area contributed by atoms with E-state index in [4.69, 9.17) is 0 Å². The van der Waals surface area contributed by atoms with E-state index in [2.05, 4.69) is 32.9 Å². The number of carbonyl (C=O) groups is 1. The Balaban J connectivity index is 1.90. The molecule has 0 aromatic carbocycles. The predicted molar refractivity (Wildman–Crippen MR) is 83.3 cm³/mol. The van der Waals surface area contributed by atoms with Crippen LogP contribution in [0.3, 0.4) is 0 Å². The van der Waals surface area contributed by atoms with Gasteiger partial charge in [0.2, 0.25) is 0 Å². The lowest BCUT2D eigenvalue weighted by molar-refractivity contribution is -0.122. The topological polar surface area (TPSA) is 17.1 Å². The molecule has 0 unspecified atom stereocenters. The highest BCUT2D eigenvalue weighted by Gasteiger charge is 2.47. The molecule has 0 bridgehead atoms. The van der Waals surface area contributed by atoms with Crippen LogP contribution in [0.5, 0.6) is 0 Å². The molecular formula is C19H28O. The Morgan fingerprint density at radius 3 is 2.85 bits per heavy atom. The first kappa shape index (κ1) is 14.1. The lowest BCUT2D eigenvalue weighted by Gasteiger charge is -2.49. The van der Waals surface area contributed by atoms with Crippen molar-refractivity contribution in [1.82, 2.24) is 0 Å². The lowest BCUT2D eigenvalue weighted by atomic mass is 9.54. The molecule has 1 fully saturated rings. The van der Waals surface area contributed by atoms with Gasteiger partial charge in [0.15, 0.2) is 0 Å². The van der Waals surface area contributed by atoms with Crippen LogP contribution in [-0.4, -0.2) is 6.29 Å². The maximum atomic E-state index is 11.6. The molecule has 3 aliphatic carbocycles. The molecule has 3 aliphatic rings. The molecule has 1 nitrogen and oxygen atoms in total. The zero-order valence-corrected chi connectivity index (χ0v) is 13.2. The van der Waals surface area contributed by atoms with Gasteiger partial charge in [-0.1, -0.05) is 44.9 Å². The van der Waals surface area contributed by atoms with Crippen LogP contribution in [0.2, 0.25) is 0 Å². The largest absolute Gasteiger partial charge is 0.303 e. The van der Waals surface area contributed by atoms with E-state index < -0.39 is 0 Å². The van der Waals surface area contributed by atoms with E-state index in [1.807, 2.05) is 0 Å². The molecule has 110 valence electrons. The monoisotopic (exact) mass is 272 g/mol. The molecule has 1 heteroatoms. The van der Waals surface area contributed by atoms with Crippen LogP contribution in [0.1, 0.15) is 59.3 Å². The number of fused-ring (bicyclic) bond motifs is 3. The maximum absolute atomic E-state index is 11.6. The predicted octanol–water partition coefficient (Wildman–Crippen LogP) is 4.93. The fourth-order valence-electron chi connectivity index (χ4n) is 4.94. The van der Waals surface area contributed by atoms with Crippen molar-refractivity contribution in [3.8, 4) is 0 Å². The zero-order chi connectivity index (χ0) is 14.3. The second kappa shape index (κ2) is 5.16. The minimum absolute atomic E-state index is 0.0625. The van der Waals surface area contributed by atoms with E-state index in [1.54, 1.807) is 11.1 Å². The minimum Gasteiger partial charge on any atom is -0.303 e. The second-order valence-corrected chi connectivity index (χ2v) is 7.75. The van der Waals surface area contributed by atoms with Crippen LogP contribution < -0.4 is 0 Å². The molecule has 4 atom stereocenters. The van der Waals surface area contributed by atoms with Gasteiger partial charge in [-0.3, -0.25) is 0 Å². The third-order valence-corrected chi connectivity index (χ3v) is 6.28. The van der Waals surface area contributed by atoms with E-state index in [9.17, 15) is 4.79 Å². The normalized spacial score (nSPS) is 40.5. The Kier molecular flexibility index (Phi) is 3.64. The summed E-state index contributed by atoms with van der Waals surface area (Å²) in [7, 11) is 0. The summed E-state index contributed by atoms with van der Waals surface area (Å²) in [5.41, 5.74) is 3.16. The van der Waals surface area contributed by atoms with Gasteiger partial charge in [-0.2, -0.15) is 0 Å². The van der Waals surface area contributed by atoms with E-state index in [-0.39, 0.29) is 5.41 Å². The molecule has 0 aromatic heterocycles. The second-order valence-electron chi connectivity index (χ2n) is 7.75. The summed E-state index contributed by atoms with van der Waals surface area (Å²) in [6, 6.07) is 0. The fraction of sp³-hybridized carbons (Fsp3) is 0.737. The lowest BCUT2D eigenvalue weighted by Crippen LogP contribution is -2.43. The summed E-state index contributed by atoms with van der Waals surface area (Å²) in [6.07, 6.45) is 13.6. The number of rotatable bonds is 2. The van der Waals surface area contributed by atoms with Crippen LogP contribution >= 0.6 is 0 Å². The quantitative estimate of drug-likeness (QED) is 0.651. The van der Waals surface area contributed by atoms with Crippen molar-refractivity contribution < 1.29 is 4.79 Å². The summed E-state index contributed by atoms with van der Waals surface area (Å²) < 4.78 is 0. The Hall–Kier alpha value is -0.850. The molecule has 0 spiro atoms. The van der Waals surface area contributed by atoms with Crippen LogP contribution in [-0.2, 0) is 4.79 Å². The standard InChI is InChI=1S/C19H28O/c1-13(2)14-6-8-16-15(11-14)7-9-18-17(16)5-4-10-19(18,3)12-20/h7,11-13,16-18H,4-6,8-10H2,1-3H3/t16-,17+,18+,19-/m0/s1. The van der Waals surface area contributed by atoms with E-state index in [0.29, 0.717) is 11.8 Å². The van der Waals surface area contributed by atoms with E-state index >= 15 is 0 Å². The third-order valence-electron chi connectivity index (χ3n) is 6.28. The van der Waals surface area contributed by atoms with Crippen molar-refractivity contribution in [2.45, 2.75) is 59.3 Å². The summed E-state index contributed by atoms with van der Waals surface area (Å²) in [6.45, 7) is 6.82. The van der Waals surface area contributed by atoms with Gasteiger partial charge in [0.05, 0.1) is 0 Å². The smallest absolute Gasteiger partial charge is 0.126 e. The van der Waals surface area contributed by atoms with Crippen molar-refractivity contribution in [2.75, 3.05) is 0 Å². The first-order chi connectivity index (χ1) is 9.55. The van der Waals surface area contributed by atoms with Gasteiger partial charge in [-0.05, 0) is 61.3 Å². The number of aldehydes is 1. The highest BCUT2D eigenvalue weighted by molar-refractivity contribution is 5.60. The van der Waals surface area contributed by atoms with Crippen LogP contribution in [0.4, 0.5) is 0 Å². The molecule has 0 aromatic rings. The van der Waals surface area contributed by atoms with Crippen LogP contribution in [0.15, 0.2) is 23.3 Å². The highest BCUT2D eigenvalue weighted by Crippen LogP contribution is 2.54. The summed E-state index contributed by atoms with van der Waals surface area (Å²) in [4.78, 5) is 11.6. The Labute approximate surface area is 123 Å². The molecule has 3 rings (SSSR count). The van der Waals surface area contributed by atoms with Gasteiger partial charge in [0.25, 0.3) is 0 Å². The molecule has 0 amide bonds. The Bertz CT molecular complexity index is 456. The molecule has 20 heavy (non-hydrogen) atoms. The number of carbonyl (C=O) groups excluding carboxylic acids is 1. The van der Waals surface area contributed by atoms with Crippen molar-refractivity contribution in [1.29, 1.82) is 0 Å². The minimum atomic E-state index is -0.0625. The van der Waals surface area contributed by atoms with Gasteiger partial charge < -0.3 is 4.79 Å². The molecule has 1 saturated carbocycles. The molecule has 0 radical (unpaired) electrons. The van der Waals surface area contributed by atoms with Crippen molar-refractivity contribution in [3.05, 3.63) is 23.3 Å². The van der Waals surface area contributed by atoms with Gasteiger partial charge in [0.1, 0.15) is 6.29 Å². The summed E-state index contributed by atoms with van der Waals surface area (Å²) >= 11 is 0. The van der Waals surface area contributed by atoms with Crippen molar-refractivity contribution >= 4 is 6.29 Å². The number of allylic oxidation sites excluding steroid dienone is 4. The maximum Gasteiger partial charge on any atom is 0.126 e. The third kappa shape index (κ3) is 2.19. The molecular weight excluding hydrogens is 244 g/mol. The average Bonchev–Trinajstić information content (AvgIpc) is 2.46. The zero-order valence-electron chi connectivity index (χ0n) is 13.2.